The number of allylic oxidation sites excluding steroid dienone is 1. The maximum atomic E-state index is 12.0. The molecule has 0 radical (unpaired) electrons. The van der Waals surface area contributed by atoms with E-state index in [-0.39, 0.29) is 17.2 Å². The molecule has 0 atom stereocenters. The number of unbranched alkanes of at least 4 members (excludes halogenated alkanes) is 1. The predicted octanol–water partition coefficient (Wildman–Crippen LogP) is 5.30. The Morgan fingerprint density at radius 1 is 1.12 bits per heavy atom. The number of benzene rings is 1. The second-order valence-corrected chi connectivity index (χ2v) is 12.5. The van der Waals surface area contributed by atoms with Crippen LogP contribution in [0.25, 0.3) is 6.08 Å². The van der Waals surface area contributed by atoms with E-state index in [9.17, 15) is 9.59 Å². The summed E-state index contributed by atoms with van der Waals surface area (Å²) in [5.74, 6) is -0.00349. The molecule has 1 rings (SSSR count). The maximum Gasteiger partial charge on any atom is 0.303 e. The zero-order chi connectivity index (χ0) is 19.1. The lowest BCUT2D eigenvalue weighted by Crippen LogP contribution is -2.44. The van der Waals surface area contributed by atoms with Crippen LogP contribution in [0.5, 0.6) is 5.75 Å². The number of carbonyl (C=O) groups excluding carboxylic acids is 1. The molecule has 1 aromatic rings. The van der Waals surface area contributed by atoms with Crippen molar-refractivity contribution >= 4 is 26.1 Å². The molecule has 0 fully saturated rings. The van der Waals surface area contributed by atoms with Gasteiger partial charge in [0.05, 0.1) is 0 Å². The average molecular weight is 363 g/mol. The highest BCUT2D eigenvalue weighted by molar-refractivity contribution is 6.74. The monoisotopic (exact) mass is 362 g/mol. The Bertz CT molecular complexity index is 627. The Labute approximate surface area is 152 Å². The van der Waals surface area contributed by atoms with Gasteiger partial charge in [-0.15, -0.1) is 0 Å². The Hall–Kier alpha value is -1.88. The summed E-state index contributed by atoms with van der Waals surface area (Å²) < 4.78 is 6.37. The third kappa shape index (κ3) is 7.26. The molecule has 0 bridgehead atoms. The number of carboxylic acids is 1. The minimum Gasteiger partial charge on any atom is -0.543 e. The summed E-state index contributed by atoms with van der Waals surface area (Å²) in [6.07, 6.45) is 4.96. The Morgan fingerprint density at radius 2 is 1.72 bits per heavy atom. The number of hydrogen-bond acceptors (Lipinski definition) is 3. The predicted molar refractivity (Wildman–Crippen MR) is 104 cm³/mol. The van der Waals surface area contributed by atoms with Crippen molar-refractivity contribution in [1.82, 2.24) is 0 Å². The van der Waals surface area contributed by atoms with Gasteiger partial charge < -0.3 is 9.53 Å². The summed E-state index contributed by atoms with van der Waals surface area (Å²) >= 11 is 0. The summed E-state index contributed by atoms with van der Waals surface area (Å²) in [5, 5.41) is 8.70. The first kappa shape index (κ1) is 21.2. The van der Waals surface area contributed by atoms with Crippen LogP contribution in [0.1, 0.15) is 52.0 Å². The van der Waals surface area contributed by atoms with Crippen molar-refractivity contribution in [2.45, 2.75) is 64.6 Å². The van der Waals surface area contributed by atoms with E-state index in [0.717, 1.165) is 11.3 Å². The van der Waals surface area contributed by atoms with Crippen LogP contribution < -0.4 is 4.43 Å². The molecule has 0 spiro atoms. The topological polar surface area (TPSA) is 63.6 Å². The van der Waals surface area contributed by atoms with Crippen molar-refractivity contribution in [3.05, 3.63) is 35.9 Å². The van der Waals surface area contributed by atoms with Gasteiger partial charge in [-0.25, -0.2) is 0 Å². The van der Waals surface area contributed by atoms with Gasteiger partial charge in [-0.3, -0.25) is 9.59 Å². The highest BCUT2D eigenvalue weighted by Crippen LogP contribution is 2.38. The van der Waals surface area contributed by atoms with Gasteiger partial charge in [0.15, 0.2) is 5.78 Å². The Morgan fingerprint density at radius 3 is 2.32 bits per heavy atom. The summed E-state index contributed by atoms with van der Waals surface area (Å²) in [6, 6.07) is 7.75. The van der Waals surface area contributed by atoms with E-state index in [2.05, 4.69) is 33.9 Å². The number of carbonyl (C=O) groups is 2. The number of hydrogen-bond donors (Lipinski definition) is 1. The van der Waals surface area contributed by atoms with Crippen LogP contribution in [-0.2, 0) is 9.59 Å². The van der Waals surface area contributed by atoms with Crippen LogP contribution in [0.15, 0.2) is 30.3 Å². The first-order valence-electron chi connectivity index (χ1n) is 8.74. The molecular weight excluding hydrogens is 332 g/mol. The zero-order valence-corrected chi connectivity index (χ0v) is 17.0. The molecule has 1 N–H and O–H groups in total. The minimum absolute atomic E-state index is 0.00696. The molecular formula is C20H30O4Si. The molecule has 5 heteroatoms. The lowest BCUT2D eigenvalue weighted by Gasteiger charge is -2.36. The van der Waals surface area contributed by atoms with Crippen molar-refractivity contribution in [2.75, 3.05) is 0 Å². The van der Waals surface area contributed by atoms with Crippen LogP contribution in [0.4, 0.5) is 0 Å². The molecule has 0 saturated heterocycles. The molecule has 25 heavy (non-hydrogen) atoms. The van der Waals surface area contributed by atoms with Gasteiger partial charge in [0, 0.05) is 18.4 Å². The fourth-order valence-electron chi connectivity index (χ4n) is 1.98. The second-order valence-electron chi connectivity index (χ2n) is 7.80. The van der Waals surface area contributed by atoms with Gasteiger partial charge in [-0.05, 0) is 49.2 Å². The molecule has 0 aromatic heterocycles. The van der Waals surface area contributed by atoms with Crippen molar-refractivity contribution in [3.8, 4) is 5.75 Å². The fraction of sp³-hybridized carbons (Fsp3) is 0.500. The van der Waals surface area contributed by atoms with E-state index >= 15 is 0 Å². The third-order valence-electron chi connectivity index (χ3n) is 4.60. The molecule has 0 aliphatic carbocycles. The van der Waals surface area contributed by atoms with Gasteiger partial charge in [-0.1, -0.05) is 39.0 Å². The lowest BCUT2D eigenvalue weighted by atomic mass is 10.1. The molecule has 4 nitrogen and oxygen atoms in total. The third-order valence-corrected chi connectivity index (χ3v) is 8.95. The summed E-state index contributed by atoms with van der Waals surface area (Å²) in [5.41, 5.74) is 0.895. The summed E-state index contributed by atoms with van der Waals surface area (Å²) in [6.45, 7) is 11.0. The number of aliphatic carboxylic acids is 1. The van der Waals surface area contributed by atoms with Crippen molar-refractivity contribution in [1.29, 1.82) is 0 Å². The lowest BCUT2D eigenvalue weighted by molar-refractivity contribution is -0.137. The van der Waals surface area contributed by atoms with E-state index in [4.69, 9.17) is 9.53 Å². The summed E-state index contributed by atoms with van der Waals surface area (Å²) in [7, 11) is -1.94. The van der Waals surface area contributed by atoms with Crippen LogP contribution in [0.3, 0.4) is 0 Å². The average Bonchev–Trinajstić information content (AvgIpc) is 2.49. The van der Waals surface area contributed by atoms with Crippen LogP contribution >= 0.6 is 0 Å². The van der Waals surface area contributed by atoms with Crippen LogP contribution in [0.2, 0.25) is 18.1 Å². The normalized spacial score (nSPS) is 12.4. The fourth-order valence-corrected chi connectivity index (χ4v) is 3.02. The molecule has 0 unspecified atom stereocenters. The van der Waals surface area contributed by atoms with Gasteiger partial charge in [0.2, 0.25) is 0 Å². The SMILES string of the molecule is CC(C)(C)[Si](C)(C)Oc1ccccc1/C=C/C(=O)CCCCC(=O)O. The van der Waals surface area contributed by atoms with E-state index in [0.29, 0.717) is 19.3 Å². The molecule has 138 valence electrons. The molecule has 1 aromatic carbocycles. The number of rotatable bonds is 9. The zero-order valence-electron chi connectivity index (χ0n) is 16.0. The number of carboxylic acid groups (broad SMARTS) is 1. The quantitative estimate of drug-likeness (QED) is 0.368. The Kier molecular flexibility index (Phi) is 7.61. The second kappa shape index (κ2) is 8.99. The minimum atomic E-state index is -1.94. The highest BCUT2D eigenvalue weighted by Gasteiger charge is 2.39. The smallest absolute Gasteiger partial charge is 0.303 e. The van der Waals surface area contributed by atoms with E-state index < -0.39 is 14.3 Å². The van der Waals surface area contributed by atoms with Gasteiger partial charge in [-0.2, -0.15) is 0 Å². The van der Waals surface area contributed by atoms with Gasteiger partial charge >= 0.3 is 5.97 Å². The number of ketones is 1. The summed E-state index contributed by atoms with van der Waals surface area (Å²) in [4.78, 5) is 22.4. The standard InChI is InChI=1S/C20H30O4Si/c1-20(2,3)25(4,5)24-18-12-8-6-10-16(18)14-15-17(21)11-7-9-13-19(22)23/h6,8,10,12,14-15H,7,9,11,13H2,1-5H3,(H,22,23)/b15-14+. The highest BCUT2D eigenvalue weighted by atomic mass is 28.4. The maximum absolute atomic E-state index is 12.0. The van der Waals surface area contributed by atoms with Crippen LogP contribution in [0, 0.1) is 0 Å². The molecule has 0 aliphatic heterocycles. The first-order chi connectivity index (χ1) is 11.5. The van der Waals surface area contributed by atoms with E-state index in [1.165, 1.54) is 0 Å². The molecule has 0 aliphatic rings. The van der Waals surface area contributed by atoms with Crippen molar-refractivity contribution in [3.63, 3.8) is 0 Å². The van der Waals surface area contributed by atoms with Crippen molar-refractivity contribution in [2.24, 2.45) is 0 Å². The molecule has 0 saturated carbocycles. The van der Waals surface area contributed by atoms with Crippen molar-refractivity contribution < 1.29 is 19.1 Å². The van der Waals surface area contributed by atoms with Gasteiger partial charge in [0.1, 0.15) is 5.75 Å². The van der Waals surface area contributed by atoms with Crippen LogP contribution in [-0.4, -0.2) is 25.2 Å². The van der Waals surface area contributed by atoms with Gasteiger partial charge in [0.25, 0.3) is 8.32 Å². The van der Waals surface area contributed by atoms with E-state index in [1.807, 2.05) is 24.3 Å². The molecule has 0 amide bonds. The largest absolute Gasteiger partial charge is 0.543 e. The first-order valence-corrected chi connectivity index (χ1v) is 11.6. The number of para-hydroxylation sites is 1. The van der Waals surface area contributed by atoms with E-state index in [1.54, 1.807) is 12.2 Å². The molecule has 0 heterocycles. The Balaban J connectivity index is 2.73.